The van der Waals surface area contributed by atoms with E-state index in [0.29, 0.717) is 25.1 Å². The number of ether oxygens (including phenoxy) is 1. The number of hydrogen-bond acceptors (Lipinski definition) is 4. The lowest BCUT2D eigenvalue weighted by Crippen LogP contribution is -2.37. The Morgan fingerprint density at radius 1 is 1.00 bits per heavy atom. The van der Waals surface area contributed by atoms with E-state index in [9.17, 15) is 14.7 Å². The number of hydrogen-bond donors (Lipinski definition) is 1. The average molecular weight is 458 g/mol. The standard InChI is InChI=1S/C29H31NO4/c1-5-34-29(33)28(32)27-20(4)24-17-30(16-21-9-7-6-8-10-21)25(31)15-23(24)19(3)26(27)22-13-11-18(2)12-14-22/h6-14,28,32H,5,15-17H2,1-4H3. The molecule has 0 aromatic heterocycles. The van der Waals surface area contributed by atoms with Gasteiger partial charge in [-0.1, -0.05) is 60.2 Å². The van der Waals surface area contributed by atoms with E-state index in [2.05, 4.69) is 0 Å². The molecule has 0 radical (unpaired) electrons. The minimum Gasteiger partial charge on any atom is -0.464 e. The molecule has 1 aliphatic heterocycles. The van der Waals surface area contributed by atoms with Gasteiger partial charge in [0.2, 0.25) is 5.91 Å². The summed E-state index contributed by atoms with van der Waals surface area (Å²) >= 11 is 0. The van der Waals surface area contributed by atoms with E-state index < -0.39 is 12.1 Å². The number of aliphatic hydroxyl groups excluding tert-OH is 1. The zero-order chi connectivity index (χ0) is 24.4. The smallest absolute Gasteiger partial charge is 0.339 e. The zero-order valence-electron chi connectivity index (χ0n) is 20.2. The Morgan fingerprint density at radius 3 is 2.32 bits per heavy atom. The van der Waals surface area contributed by atoms with Gasteiger partial charge >= 0.3 is 5.97 Å². The molecule has 5 nitrogen and oxygen atoms in total. The molecule has 0 aliphatic carbocycles. The maximum Gasteiger partial charge on any atom is 0.339 e. The normalized spacial score (nSPS) is 14.0. The maximum atomic E-state index is 13.1. The molecular formula is C29H31NO4. The molecule has 1 atom stereocenters. The van der Waals surface area contributed by atoms with Gasteiger partial charge in [0.1, 0.15) is 0 Å². The van der Waals surface area contributed by atoms with Crippen LogP contribution >= 0.6 is 0 Å². The van der Waals surface area contributed by atoms with Gasteiger partial charge in [-0.05, 0) is 66.6 Å². The first-order valence-electron chi connectivity index (χ1n) is 11.7. The fraction of sp³-hybridized carbons (Fsp3) is 0.310. The second kappa shape index (κ2) is 9.82. The Morgan fingerprint density at radius 2 is 1.68 bits per heavy atom. The molecule has 1 amide bonds. The number of esters is 1. The van der Waals surface area contributed by atoms with Crippen molar-refractivity contribution in [3.8, 4) is 11.1 Å². The molecule has 34 heavy (non-hydrogen) atoms. The van der Waals surface area contributed by atoms with Gasteiger partial charge in [0.15, 0.2) is 6.10 Å². The van der Waals surface area contributed by atoms with E-state index in [1.165, 1.54) is 0 Å². The molecule has 0 spiro atoms. The van der Waals surface area contributed by atoms with Crippen LogP contribution in [0.25, 0.3) is 11.1 Å². The topological polar surface area (TPSA) is 66.8 Å². The summed E-state index contributed by atoms with van der Waals surface area (Å²) in [6.07, 6.45) is -1.11. The van der Waals surface area contributed by atoms with Crippen molar-refractivity contribution in [2.24, 2.45) is 0 Å². The largest absolute Gasteiger partial charge is 0.464 e. The number of fused-ring (bicyclic) bond motifs is 1. The minimum atomic E-state index is -1.40. The Labute approximate surface area is 201 Å². The van der Waals surface area contributed by atoms with Crippen molar-refractivity contribution in [3.05, 3.63) is 93.5 Å². The summed E-state index contributed by atoms with van der Waals surface area (Å²) in [4.78, 5) is 27.6. The number of aryl methyl sites for hydroxylation is 1. The number of aliphatic hydroxyl groups is 1. The Hall–Kier alpha value is -3.44. The van der Waals surface area contributed by atoms with E-state index in [0.717, 1.165) is 44.5 Å². The van der Waals surface area contributed by atoms with Crippen LogP contribution in [0.3, 0.4) is 0 Å². The molecule has 3 aromatic rings. The summed E-state index contributed by atoms with van der Waals surface area (Å²) in [6, 6.07) is 17.9. The molecule has 4 rings (SSSR count). The van der Waals surface area contributed by atoms with E-state index in [1.54, 1.807) is 6.92 Å². The van der Waals surface area contributed by atoms with Gasteiger partial charge in [-0.2, -0.15) is 0 Å². The van der Waals surface area contributed by atoms with Gasteiger partial charge < -0.3 is 14.7 Å². The molecule has 1 aliphatic rings. The van der Waals surface area contributed by atoms with E-state index >= 15 is 0 Å². The van der Waals surface area contributed by atoms with Crippen molar-refractivity contribution in [1.82, 2.24) is 4.90 Å². The lowest BCUT2D eigenvalue weighted by atomic mass is 9.80. The van der Waals surface area contributed by atoms with Gasteiger partial charge in [0.05, 0.1) is 13.0 Å². The third-order valence-electron chi connectivity index (χ3n) is 6.69. The predicted octanol–water partition coefficient (Wildman–Crippen LogP) is 4.96. The molecule has 3 aromatic carbocycles. The number of amides is 1. The quantitative estimate of drug-likeness (QED) is 0.532. The highest BCUT2D eigenvalue weighted by Crippen LogP contribution is 2.41. The van der Waals surface area contributed by atoms with Crippen LogP contribution in [0.4, 0.5) is 0 Å². The first-order chi connectivity index (χ1) is 16.3. The average Bonchev–Trinajstić information content (AvgIpc) is 2.83. The highest BCUT2D eigenvalue weighted by Gasteiger charge is 2.33. The lowest BCUT2D eigenvalue weighted by molar-refractivity contribution is -0.153. The first kappa shape index (κ1) is 23.7. The fourth-order valence-corrected chi connectivity index (χ4v) is 4.87. The van der Waals surface area contributed by atoms with Gasteiger partial charge in [0.25, 0.3) is 0 Å². The number of carbonyl (C=O) groups excluding carboxylic acids is 2. The van der Waals surface area contributed by atoms with Gasteiger partial charge in [0, 0.05) is 18.7 Å². The third kappa shape index (κ3) is 4.48. The van der Waals surface area contributed by atoms with Crippen molar-refractivity contribution in [1.29, 1.82) is 0 Å². The summed E-state index contributed by atoms with van der Waals surface area (Å²) < 4.78 is 5.17. The first-order valence-corrected chi connectivity index (χ1v) is 11.7. The molecule has 0 bridgehead atoms. The van der Waals surface area contributed by atoms with E-state index in [-0.39, 0.29) is 12.5 Å². The van der Waals surface area contributed by atoms with Gasteiger partial charge in [-0.3, -0.25) is 4.79 Å². The van der Waals surface area contributed by atoms with E-state index in [1.807, 2.05) is 80.3 Å². The van der Waals surface area contributed by atoms with Gasteiger partial charge in [-0.15, -0.1) is 0 Å². The highest BCUT2D eigenvalue weighted by atomic mass is 16.5. The Kier molecular flexibility index (Phi) is 6.85. The van der Waals surface area contributed by atoms with Crippen molar-refractivity contribution in [2.75, 3.05) is 6.61 Å². The molecule has 0 fully saturated rings. The number of benzene rings is 3. The second-order valence-electron chi connectivity index (χ2n) is 8.93. The molecule has 1 heterocycles. The van der Waals surface area contributed by atoms with Crippen molar-refractivity contribution >= 4 is 11.9 Å². The van der Waals surface area contributed by atoms with Crippen LogP contribution in [0.15, 0.2) is 54.6 Å². The van der Waals surface area contributed by atoms with Crippen LogP contribution in [0, 0.1) is 20.8 Å². The second-order valence-corrected chi connectivity index (χ2v) is 8.93. The predicted molar refractivity (Wildman–Crippen MR) is 132 cm³/mol. The summed E-state index contributed by atoms with van der Waals surface area (Å²) in [5, 5.41) is 11.1. The fourth-order valence-electron chi connectivity index (χ4n) is 4.87. The molecule has 176 valence electrons. The van der Waals surface area contributed by atoms with E-state index in [4.69, 9.17) is 4.74 Å². The highest BCUT2D eigenvalue weighted by molar-refractivity contribution is 5.88. The summed E-state index contributed by atoms with van der Waals surface area (Å²) in [5.74, 6) is -0.585. The van der Waals surface area contributed by atoms with Crippen LogP contribution in [-0.2, 0) is 33.8 Å². The molecule has 1 unspecified atom stereocenters. The molecule has 0 saturated heterocycles. The van der Waals surface area contributed by atoms with Crippen LogP contribution in [0.1, 0.15) is 52.0 Å². The number of carbonyl (C=O) groups is 2. The number of nitrogens with zero attached hydrogens (tertiary/aromatic N) is 1. The lowest BCUT2D eigenvalue weighted by Gasteiger charge is -2.34. The Balaban J connectivity index is 1.86. The van der Waals surface area contributed by atoms with Crippen LogP contribution in [-0.4, -0.2) is 28.5 Å². The molecule has 1 N–H and O–H groups in total. The van der Waals surface area contributed by atoms with Crippen molar-refractivity contribution in [3.63, 3.8) is 0 Å². The zero-order valence-corrected chi connectivity index (χ0v) is 20.2. The summed E-state index contributed by atoms with van der Waals surface area (Å²) in [7, 11) is 0. The SMILES string of the molecule is CCOC(=O)C(O)c1c(C)c2c(c(C)c1-c1ccc(C)cc1)CC(=O)N(Cc1ccccc1)C2. The van der Waals surface area contributed by atoms with Crippen LogP contribution in [0.5, 0.6) is 0 Å². The van der Waals surface area contributed by atoms with Crippen LogP contribution < -0.4 is 0 Å². The summed E-state index contributed by atoms with van der Waals surface area (Å²) in [5.41, 5.74) is 8.22. The maximum absolute atomic E-state index is 13.1. The third-order valence-corrected chi connectivity index (χ3v) is 6.69. The number of rotatable bonds is 6. The molecular weight excluding hydrogens is 426 g/mol. The molecule has 5 heteroatoms. The Bertz CT molecular complexity index is 1220. The molecule has 0 saturated carbocycles. The monoisotopic (exact) mass is 457 g/mol. The summed E-state index contributed by atoms with van der Waals surface area (Å²) in [6.45, 7) is 8.81. The van der Waals surface area contributed by atoms with Crippen molar-refractivity contribution in [2.45, 2.75) is 53.3 Å². The van der Waals surface area contributed by atoms with Gasteiger partial charge in [-0.25, -0.2) is 4.79 Å². The minimum absolute atomic E-state index is 0.0763. The van der Waals surface area contributed by atoms with Crippen molar-refractivity contribution < 1.29 is 19.4 Å². The van der Waals surface area contributed by atoms with Crippen LogP contribution in [0.2, 0.25) is 0 Å².